The van der Waals surface area contributed by atoms with Crippen LogP contribution < -0.4 is 20.8 Å². The first-order valence-corrected chi connectivity index (χ1v) is 10.8. The summed E-state index contributed by atoms with van der Waals surface area (Å²) in [7, 11) is 0. The number of amides is 3. The molecule has 0 aliphatic carbocycles. The summed E-state index contributed by atoms with van der Waals surface area (Å²) in [6, 6.07) is 21.6. The average molecular weight is 459 g/mol. The molecule has 174 valence electrons. The van der Waals surface area contributed by atoms with E-state index >= 15 is 0 Å². The average Bonchev–Trinajstić information content (AvgIpc) is 2.83. The fraction of sp³-hybridized carbons (Fsp3) is 0.154. The molecule has 0 aliphatic heterocycles. The fourth-order valence-corrected chi connectivity index (χ4v) is 2.98. The van der Waals surface area contributed by atoms with Crippen molar-refractivity contribution in [3.63, 3.8) is 0 Å². The van der Waals surface area contributed by atoms with Crippen molar-refractivity contribution in [3.05, 3.63) is 89.5 Å². The quantitative estimate of drug-likeness (QED) is 0.272. The summed E-state index contributed by atoms with van der Waals surface area (Å²) in [6.45, 7) is 3.79. The van der Waals surface area contributed by atoms with E-state index in [0.29, 0.717) is 22.7 Å². The van der Waals surface area contributed by atoms with Gasteiger partial charge in [-0.2, -0.15) is 5.10 Å². The van der Waals surface area contributed by atoms with Gasteiger partial charge < -0.3 is 15.4 Å². The maximum absolute atomic E-state index is 12.1. The first-order valence-electron chi connectivity index (χ1n) is 10.8. The Labute approximate surface area is 198 Å². The van der Waals surface area contributed by atoms with E-state index in [1.165, 1.54) is 11.8 Å². The number of nitrogens with zero attached hydrogens (tertiary/aromatic N) is 1. The highest BCUT2D eigenvalue weighted by Gasteiger charge is 2.12. The number of rotatable bonds is 8. The minimum absolute atomic E-state index is 0.161. The maximum Gasteiger partial charge on any atom is 0.329 e. The molecule has 3 rings (SSSR count). The van der Waals surface area contributed by atoms with Gasteiger partial charge in [0.2, 0.25) is 0 Å². The van der Waals surface area contributed by atoms with E-state index in [1.807, 2.05) is 37.3 Å². The second kappa shape index (κ2) is 12.0. The molecule has 8 nitrogen and oxygen atoms in total. The van der Waals surface area contributed by atoms with Crippen LogP contribution in [0.25, 0.3) is 0 Å². The molecule has 3 aromatic carbocycles. The van der Waals surface area contributed by atoms with E-state index in [0.717, 1.165) is 12.0 Å². The lowest BCUT2D eigenvalue weighted by Crippen LogP contribution is -2.32. The second-order valence-corrected chi connectivity index (χ2v) is 7.48. The van der Waals surface area contributed by atoms with Crippen molar-refractivity contribution in [1.82, 2.24) is 5.43 Å². The lowest BCUT2D eigenvalue weighted by atomic mass is 10.1. The number of carbonyl (C=O) groups is 3. The molecule has 0 saturated carbocycles. The van der Waals surface area contributed by atoms with Crippen LogP contribution in [0.2, 0.25) is 0 Å². The molecule has 0 spiro atoms. The molecular weight excluding hydrogens is 432 g/mol. The molecule has 0 aliphatic rings. The van der Waals surface area contributed by atoms with Crippen molar-refractivity contribution in [1.29, 1.82) is 0 Å². The van der Waals surface area contributed by atoms with Crippen LogP contribution in [0, 0.1) is 6.92 Å². The molecule has 34 heavy (non-hydrogen) atoms. The van der Waals surface area contributed by atoms with Crippen LogP contribution in [0.3, 0.4) is 0 Å². The number of aryl methyl sites for hydroxylation is 2. The van der Waals surface area contributed by atoms with Crippen LogP contribution in [-0.2, 0) is 20.8 Å². The molecule has 3 aromatic rings. The lowest BCUT2D eigenvalue weighted by Gasteiger charge is -2.08. The summed E-state index contributed by atoms with van der Waals surface area (Å²) in [5, 5.41) is 9.10. The van der Waals surface area contributed by atoms with Crippen molar-refractivity contribution in [2.24, 2.45) is 5.10 Å². The first-order chi connectivity index (χ1) is 16.4. The Balaban J connectivity index is 1.47. The van der Waals surface area contributed by atoms with E-state index in [9.17, 15) is 14.4 Å². The van der Waals surface area contributed by atoms with Gasteiger partial charge in [-0.25, -0.2) is 5.43 Å². The third kappa shape index (κ3) is 7.59. The van der Waals surface area contributed by atoms with Gasteiger partial charge in [-0.1, -0.05) is 43.3 Å². The van der Waals surface area contributed by atoms with Gasteiger partial charge in [-0.15, -0.1) is 0 Å². The minimum Gasteiger partial charge on any atom is -0.484 e. The van der Waals surface area contributed by atoms with Crippen LogP contribution in [-0.4, -0.2) is 30.5 Å². The third-order valence-corrected chi connectivity index (χ3v) is 4.74. The molecule has 3 N–H and O–H groups in total. The Hall–Kier alpha value is -4.46. The number of nitrogens with one attached hydrogen (secondary N) is 3. The van der Waals surface area contributed by atoms with Gasteiger partial charge in [0.05, 0.1) is 6.21 Å². The minimum atomic E-state index is -0.895. The van der Waals surface area contributed by atoms with E-state index < -0.39 is 11.8 Å². The van der Waals surface area contributed by atoms with Crippen LogP contribution in [0.15, 0.2) is 77.9 Å². The molecule has 0 aromatic heterocycles. The number of anilines is 2. The van der Waals surface area contributed by atoms with Gasteiger partial charge in [0, 0.05) is 11.4 Å². The summed E-state index contributed by atoms with van der Waals surface area (Å²) < 4.78 is 5.54. The third-order valence-electron chi connectivity index (χ3n) is 4.74. The zero-order chi connectivity index (χ0) is 24.3. The number of carbonyl (C=O) groups excluding carboxylic acids is 3. The maximum atomic E-state index is 12.1. The standard InChI is InChI=1S/C26H26N4O4/c1-3-19-10-12-21(13-11-19)28-24(31)17-34-23-9-5-7-20(15-23)16-27-30-26(33)25(32)29-22-8-4-6-18(2)14-22/h4-16H,3,17H2,1-2H3,(H,28,31)(H,29,32)(H,30,33)/b27-16-. The number of benzene rings is 3. The summed E-state index contributed by atoms with van der Waals surface area (Å²) in [6.07, 6.45) is 2.31. The topological polar surface area (TPSA) is 109 Å². The molecule has 0 unspecified atom stereocenters. The van der Waals surface area contributed by atoms with Crippen molar-refractivity contribution < 1.29 is 19.1 Å². The molecule has 0 radical (unpaired) electrons. The SMILES string of the molecule is CCc1ccc(NC(=O)COc2cccc(/C=N\NC(=O)C(=O)Nc3cccc(C)c3)c2)cc1. The van der Waals surface area contributed by atoms with E-state index in [2.05, 4.69) is 28.1 Å². The number of hydrogen-bond donors (Lipinski definition) is 3. The summed E-state index contributed by atoms with van der Waals surface area (Å²) in [5.74, 6) is -1.54. The zero-order valence-electron chi connectivity index (χ0n) is 19.0. The highest BCUT2D eigenvalue weighted by molar-refractivity contribution is 6.39. The molecule has 0 fully saturated rings. The first kappa shape index (κ1) is 24.2. The molecule has 8 heteroatoms. The molecular formula is C26H26N4O4. The Morgan fingerprint density at radius 3 is 2.38 bits per heavy atom. The monoisotopic (exact) mass is 458 g/mol. The van der Waals surface area contributed by atoms with Crippen LogP contribution in [0.1, 0.15) is 23.6 Å². The number of ether oxygens (including phenoxy) is 1. The zero-order valence-corrected chi connectivity index (χ0v) is 19.0. The van der Waals surface area contributed by atoms with Gasteiger partial charge in [-0.3, -0.25) is 14.4 Å². The van der Waals surface area contributed by atoms with E-state index in [1.54, 1.807) is 42.5 Å². The second-order valence-electron chi connectivity index (χ2n) is 7.48. The molecule has 0 heterocycles. The van der Waals surface area contributed by atoms with Gasteiger partial charge >= 0.3 is 11.8 Å². The molecule has 0 atom stereocenters. The Morgan fingerprint density at radius 1 is 0.882 bits per heavy atom. The summed E-state index contributed by atoms with van der Waals surface area (Å²) in [5.41, 5.74) is 6.18. The van der Waals surface area contributed by atoms with Crippen LogP contribution in [0.5, 0.6) is 5.75 Å². The largest absolute Gasteiger partial charge is 0.484 e. The fourth-order valence-electron chi connectivity index (χ4n) is 2.98. The predicted molar refractivity (Wildman–Crippen MR) is 132 cm³/mol. The van der Waals surface area contributed by atoms with Crippen molar-refractivity contribution in [2.45, 2.75) is 20.3 Å². The number of hydrazone groups is 1. The lowest BCUT2D eigenvalue weighted by molar-refractivity contribution is -0.136. The van der Waals surface area contributed by atoms with Crippen molar-refractivity contribution >= 4 is 35.3 Å². The predicted octanol–water partition coefficient (Wildman–Crippen LogP) is 3.66. The summed E-state index contributed by atoms with van der Waals surface area (Å²) in [4.78, 5) is 36.1. The van der Waals surface area contributed by atoms with Crippen LogP contribution in [0.4, 0.5) is 11.4 Å². The molecule has 3 amide bonds. The van der Waals surface area contributed by atoms with Gasteiger partial charge in [-0.05, 0) is 66.4 Å². The Bertz CT molecular complexity index is 1190. The highest BCUT2D eigenvalue weighted by Crippen LogP contribution is 2.13. The smallest absolute Gasteiger partial charge is 0.329 e. The van der Waals surface area contributed by atoms with Crippen molar-refractivity contribution in [2.75, 3.05) is 17.2 Å². The molecule has 0 saturated heterocycles. The summed E-state index contributed by atoms with van der Waals surface area (Å²) >= 11 is 0. The Morgan fingerprint density at radius 2 is 1.65 bits per heavy atom. The van der Waals surface area contributed by atoms with Gasteiger partial charge in [0.25, 0.3) is 5.91 Å². The van der Waals surface area contributed by atoms with Crippen molar-refractivity contribution in [3.8, 4) is 5.75 Å². The van der Waals surface area contributed by atoms with Crippen LogP contribution >= 0.6 is 0 Å². The van der Waals surface area contributed by atoms with E-state index in [4.69, 9.17) is 4.74 Å². The highest BCUT2D eigenvalue weighted by atomic mass is 16.5. The van der Waals surface area contributed by atoms with Gasteiger partial charge in [0.1, 0.15) is 5.75 Å². The molecule has 0 bridgehead atoms. The Kier molecular flexibility index (Phi) is 8.51. The normalized spacial score (nSPS) is 10.5. The van der Waals surface area contributed by atoms with Gasteiger partial charge in [0.15, 0.2) is 6.61 Å². The van der Waals surface area contributed by atoms with E-state index in [-0.39, 0.29) is 12.5 Å². The number of hydrogen-bond acceptors (Lipinski definition) is 5.